The Labute approximate surface area is 152 Å². The van der Waals surface area contributed by atoms with Crippen LogP contribution in [0.1, 0.15) is 56.5 Å². The first-order chi connectivity index (χ1) is 12.1. The van der Waals surface area contributed by atoms with Gasteiger partial charge in [0.05, 0.1) is 18.8 Å². The van der Waals surface area contributed by atoms with Crippen molar-refractivity contribution in [2.24, 2.45) is 0 Å². The van der Waals surface area contributed by atoms with Gasteiger partial charge in [-0.3, -0.25) is 4.79 Å². The summed E-state index contributed by atoms with van der Waals surface area (Å²) in [4.78, 5) is 25.2. The van der Waals surface area contributed by atoms with Gasteiger partial charge in [-0.15, -0.1) is 0 Å². The first kappa shape index (κ1) is 23.1. The molecule has 0 N–H and O–H groups in total. The van der Waals surface area contributed by atoms with E-state index in [2.05, 4.69) is 13.8 Å². The van der Waals surface area contributed by atoms with Gasteiger partial charge in [-0.25, -0.2) is 4.79 Å². The van der Waals surface area contributed by atoms with Gasteiger partial charge in [0.1, 0.15) is 0 Å². The maximum Gasteiger partial charge on any atom is 0.338 e. The summed E-state index contributed by atoms with van der Waals surface area (Å²) in [6.07, 6.45) is 2.64. The summed E-state index contributed by atoms with van der Waals surface area (Å²) in [5.74, 6) is -0.648. The number of morpholine rings is 1. The van der Waals surface area contributed by atoms with E-state index in [1.165, 1.54) is 12.8 Å². The number of nitrogens with zero attached hydrogens (tertiary/aromatic N) is 1. The minimum absolute atomic E-state index is 0.177. The monoisotopic (exact) mass is 351 g/mol. The molecule has 1 fully saturated rings. The molecule has 5 nitrogen and oxygen atoms in total. The van der Waals surface area contributed by atoms with Crippen LogP contribution in [0.25, 0.3) is 0 Å². The van der Waals surface area contributed by atoms with E-state index >= 15 is 0 Å². The molecule has 2 rings (SSSR count). The SMILES string of the molecule is CC.CCCC.Cc1ccc(C(=O)OCC(=O)N2CCOCC2)cc1. The van der Waals surface area contributed by atoms with E-state index in [-0.39, 0.29) is 12.5 Å². The normalized spacial score (nSPS) is 12.9. The number of carbonyl (C=O) groups excluding carboxylic acids is 2. The minimum Gasteiger partial charge on any atom is -0.452 e. The molecule has 0 saturated carbocycles. The summed E-state index contributed by atoms with van der Waals surface area (Å²) in [5, 5.41) is 0. The van der Waals surface area contributed by atoms with Crippen LogP contribution in [0.5, 0.6) is 0 Å². The van der Waals surface area contributed by atoms with Crippen LogP contribution >= 0.6 is 0 Å². The summed E-state index contributed by atoms with van der Waals surface area (Å²) < 4.78 is 10.2. The van der Waals surface area contributed by atoms with Gasteiger partial charge in [0, 0.05) is 13.1 Å². The standard InChI is InChI=1S/C14H17NO4.C4H10.C2H6/c1-11-2-4-12(5-3-11)14(17)19-10-13(16)15-6-8-18-9-7-15;1-3-4-2;1-2/h2-5H,6-10H2,1H3;3-4H2,1-2H3;1-2H3. The molecule has 25 heavy (non-hydrogen) atoms. The summed E-state index contributed by atoms with van der Waals surface area (Å²) in [5.41, 5.74) is 1.53. The first-order valence-corrected chi connectivity index (χ1v) is 9.17. The molecule has 1 heterocycles. The van der Waals surface area contributed by atoms with Crippen LogP contribution in [0.15, 0.2) is 24.3 Å². The van der Waals surface area contributed by atoms with Gasteiger partial charge in [-0.1, -0.05) is 58.2 Å². The van der Waals surface area contributed by atoms with Gasteiger partial charge in [0.15, 0.2) is 6.61 Å². The average molecular weight is 351 g/mol. The number of carbonyl (C=O) groups is 2. The van der Waals surface area contributed by atoms with Crippen molar-refractivity contribution in [3.05, 3.63) is 35.4 Å². The predicted octanol–water partition coefficient (Wildman–Crippen LogP) is 3.84. The molecule has 1 aliphatic rings. The maximum absolute atomic E-state index is 11.8. The Kier molecular flexibility index (Phi) is 13.4. The Hall–Kier alpha value is -1.88. The summed E-state index contributed by atoms with van der Waals surface area (Å²) >= 11 is 0. The molecule has 1 aromatic rings. The third kappa shape index (κ3) is 9.87. The highest BCUT2D eigenvalue weighted by Gasteiger charge is 2.18. The Balaban J connectivity index is 0.000000845. The molecular weight excluding hydrogens is 318 g/mol. The molecule has 1 aromatic carbocycles. The molecular formula is C20H33NO4. The van der Waals surface area contributed by atoms with E-state index in [4.69, 9.17) is 9.47 Å². The van der Waals surface area contributed by atoms with E-state index < -0.39 is 5.97 Å². The first-order valence-electron chi connectivity index (χ1n) is 9.17. The predicted molar refractivity (Wildman–Crippen MR) is 101 cm³/mol. The number of hydrogen-bond acceptors (Lipinski definition) is 4. The fourth-order valence-corrected chi connectivity index (χ4v) is 1.80. The van der Waals surface area contributed by atoms with E-state index in [1.807, 2.05) is 32.9 Å². The van der Waals surface area contributed by atoms with E-state index in [0.717, 1.165) is 5.56 Å². The van der Waals surface area contributed by atoms with Gasteiger partial charge in [-0.2, -0.15) is 0 Å². The summed E-state index contributed by atoms with van der Waals surface area (Å²) in [7, 11) is 0. The smallest absolute Gasteiger partial charge is 0.338 e. The molecule has 0 radical (unpaired) electrons. The van der Waals surface area contributed by atoms with Gasteiger partial charge in [0.2, 0.25) is 0 Å². The second kappa shape index (κ2) is 14.5. The van der Waals surface area contributed by atoms with Gasteiger partial charge in [0.25, 0.3) is 5.91 Å². The van der Waals surface area contributed by atoms with Crippen LogP contribution in [0.2, 0.25) is 0 Å². The Morgan fingerprint density at radius 2 is 1.56 bits per heavy atom. The molecule has 0 aromatic heterocycles. The zero-order valence-electron chi connectivity index (χ0n) is 16.3. The Bertz CT molecular complexity index is 477. The van der Waals surface area contributed by atoms with Gasteiger partial charge in [-0.05, 0) is 19.1 Å². The number of esters is 1. The number of hydrogen-bond donors (Lipinski definition) is 0. The van der Waals surface area contributed by atoms with Crippen molar-refractivity contribution in [3.63, 3.8) is 0 Å². The van der Waals surface area contributed by atoms with Crippen molar-refractivity contribution < 1.29 is 19.1 Å². The number of aryl methyl sites for hydroxylation is 1. The van der Waals surface area contributed by atoms with E-state index in [9.17, 15) is 9.59 Å². The lowest BCUT2D eigenvalue weighted by molar-refractivity contribution is -0.138. The Morgan fingerprint density at radius 1 is 1.04 bits per heavy atom. The zero-order chi connectivity index (χ0) is 19.1. The van der Waals surface area contributed by atoms with Gasteiger partial charge < -0.3 is 14.4 Å². The molecule has 0 bridgehead atoms. The third-order valence-corrected chi connectivity index (χ3v) is 3.48. The molecule has 1 aliphatic heterocycles. The van der Waals surface area contributed by atoms with E-state index in [0.29, 0.717) is 31.9 Å². The zero-order valence-corrected chi connectivity index (χ0v) is 16.3. The quantitative estimate of drug-likeness (QED) is 0.773. The van der Waals surface area contributed by atoms with E-state index in [1.54, 1.807) is 17.0 Å². The molecule has 0 atom stereocenters. The lowest BCUT2D eigenvalue weighted by Crippen LogP contribution is -2.42. The second-order valence-electron chi connectivity index (χ2n) is 5.44. The fraction of sp³-hybridized carbons (Fsp3) is 0.600. The number of benzene rings is 1. The van der Waals surface area contributed by atoms with Crippen LogP contribution in [0.3, 0.4) is 0 Å². The maximum atomic E-state index is 11.8. The van der Waals surface area contributed by atoms with Crippen molar-refractivity contribution in [3.8, 4) is 0 Å². The molecule has 0 aliphatic carbocycles. The van der Waals surface area contributed by atoms with Crippen LogP contribution in [0.4, 0.5) is 0 Å². The van der Waals surface area contributed by atoms with Crippen LogP contribution in [-0.2, 0) is 14.3 Å². The second-order valence-corrected chi connectivity index (χ2v) is 5.44. The van der Waals surface area contributed by atoms with Crippen LogP contribution in [-0.4, -0.2) is 49.7 Å². The molecule has 0 unspecified atom stereocenters. The minimum atomic E-state index is -0.471. The number of ether oxygens (including phenoxy) is 2. The topological polar surface area (TPSA) is 55.8 Å². The fourth-order valence-electron chi connectivity index (χ4n) is 1.80. The lowest BCUT2D eigenvalue weighted by atomic mass is 10.1. The molecule has 1 amide bonds. The van der Waals surface area contributed by atoms with Crippen LogP contribution < -0.4 is 0 Å². The van der Waals surface area contributed by atoms with Crippen molar-refractivity contribution in [1.82, 2.24) is 4.90 Å². The molecule has 5 heteroatoms. The largest absolute Gasteiger partial charge is 0.452 e. The van der Waals surface area contributed by atoms with Crippen molar-refractivity contribution >= 4 is 11.9 Å². The van der Waals surface area contributed by atoms with Crippen molar-refractivity contribution in [2.75, 3.05) is 32.9 Å². The molecule has 142 valence electrons. The highest BCUT2D eigenvalue weighted by atomic mass is 16.5. The van der Waals surface area contributed by atoms with Gasteiger partial charge >= 0.3 is 5.97 Å². The number of amides is 1. The highest BCUT2D eigenvalue weighted by Crippen LogP contribution is 2.05. The number of unbranched alkanes of at least 4 members (excludes halogenated alkanes) is 1. The number of rotatable bonds is 4. The lowest BCUT2D eigenvalue weighted by Gasteiger charge is -2.26. The van der Waals surface area contributed by atoms with Crippen LogP contribution in [0, 0.1) is 6.92 Å². The highest BCUT2D eigenvalue weighted by molar-refractivity contribution is 5.91. The molecule has 0 spiro atoms. The molecule has 1 saturated heterocycles. The summed E-state index contributed by atoms with van der Waals surface area (Å²) in [6, 6.07) is 7.05. The van der Waals surface area contributed by atoms with Crippen molar-refractivity contribution in [1.29, 1.82) is 0 Å². The Morgan fingerprint density at radius 3 is 2.04 bits per heavy atom. The summed E-state index contributed by atoms with van der Waals surface area (Å²) in [6.45, 7) is 12.3. The average Bonchev–Trinajstić information content (AvgIpc) is 2.68. The van der Waals surface area contributed by atoms with Crippen molar-refractivity contribution in [2.45, 2.75) is 47.5 Å². The third-order valence-electron chi connectivity index (χ3n) is 3.48.